The Labute approximate surface area is 124 Å². The summed E-state index contributed by atoms with van der Waals surface area (Å²) < 4.78 is 5.77. The predicted octanol–water partition coefficient (Wildman–Crippen LogP) is 2.14. The van der Waals surface area contributed by atoms with Crippen molar-refractivity contribution in [1.29, 1.82) is 0 Å². The Morgan fingerprint density at radius 1 is 1.58 bits per heavy atom. The van der Waals surface area contributed by atoms with Gasteiger partial charge in [-0.15, -0.1) is 0 Å². The molecule has 0 bridgehead atoms. The lowest BCUT2D eigenvalue weighted by atomic mass is 10.2. The first-order valence-corrected chi connectivity index (χ1v) is 7.97. The van der Waals surface area contributed by atoms with Crippen molar-refractivity contribution in [3.8, 4) is 5.75 Å². The first-order valence-electron chi connectivity index (χ1n) is 6.52. The molecule has 1 aromatic rings. The quantitative estimate of drug-likeness (QED) is 0.843. The maximum absolute atomic E-state index is 5.77. The standard InChI is InChI=1S/C14H20N2OS2/c1-11-10-16(6-8-19-11)5-7-17-13-4-2-3-12(9-13)14(15)18/h2-4,9,11H,5-8,10H2,1H3,(H2,15,18). The molecule has 104 valence electrons. The molecular weight excluding hydrogens is 276 g/mol. The van der Waals surface area contributed by atoms with Gasteiger partial charge in [0.15, 0.2) is 0 Å². The first-order chi connectivity index (χ1) is 9.15. The fraction of sp³-hybridized carbons (Fsp3) is 0.500. The lowest BCUT2D eigenvalue weighted by Crippen LogP contribution is -2.39. The van der Waals surface area contributed by atoms with Crippen LogP contribution < -0.4 is 10.5 Å². The van der Waals surface area contributed by atoms with Crippen molar-refractivity contribution < 1.29 is 4.74 Å². The summed E-state index contributed by atoms with van der Waals surface area (Å²) in [6, 6.07) is 7.66. The molecule has 1 aliphatic heterocycles. The van der Waals surface area contributed by atoms with E-state index in [1.54, 1.807) is 0 Å². The molecule has 2 rings (SSSR count). The van der Waals surface area contributed by atoms with E-state index in [4.69, 9.17) is 22.7 Å². The van der Waals surface area contributed by atoms with Crippen molar-refractivity contribution >= 4 is 29.0 Å². The van der Waals surface area contributed by atoms with E-state index in [1.165, 1.54) is 5.75 Å². The van der Waals surface area contributed by atoms with Crippen LogP contribution in [-0.4, -0.2) is 47.1 Å². The van der Waals surface area contributed by atoms with Crippen LogP contribution in [-0.2, 0) is 0 Å². The fourth-order valence-electron chi connectivity index (χ4n) is 2.13. The summed E-state index contributed by atoms with van der Waals surface area (Å²) in [5.41, 5.74) is 6.47. The minimum Gasteiger partial charge on any atom is -0.492 e. The van der Waals surface area contributed by atoms with Crippen molar-refractivity contribution in [2.45, 2.75) is 12.2 Å². The minimum atomic E-state index is 0.410. The number of nitrogens with two attached hydrogens (primary N) is 1. The summed E-state index contributed by atoms with van der Waals surface area (Å²) >= 11 is 7.01. The predicted molar refractivity (Wildman–Crippen MR) is 86.2 cm³/mol. The third-order valence-corrected chi connectivity index (χ3v) is 4.49. The molecule has 1 aliphatic rings. The largest absolute Gasteiger partial charge is 0.492 e. The van der Waals surface area contributed by atoms with Gasteiger partial charge in [0.05, 0.1) is 0 Å². The number of rotatable bonds is 5. The van der Waals surface area contributed by atoms with Crippen LogP contribution in [0.5, 0.6) is 5.75 Å². The fourth-order valence-corrected chi connectivity index (χ4v) is 3.33. The van der Waals surface area contributed by atoms with Crippen molar-refractivity contribution in [2.24, 2.45) is 5.73 Å². The second kappa shape index (κ2) is 7.12. The Hall–Kier alpha value is -0.780. The highest BCUT2D eigenvalue weighted by Crippen LogP contribution is 2.18. The SMILES string of the molecule is CC1CN(CCOc2cccc(C(N)=S)c2)CCS1. The molecule has 5 heteroatoms. The Morgan fingerprint density at radius 2 is 2.42 bits per heavy atom. The maximum atomic E-state index is 5.77. The lowest BCUT2D eigenvalue weighted by Gasteiger charge is -2.30. The molecule has 1 fully saturated rings. The van der Waals surface area contributed by atoms with Gasteiger partial charge < -0.3 is 10.5 Å². The molecular formula is C14H20N2OS2. The Bertz CT molecular complexity index is 439. The van der Waals surface area contributed by atoms with Crippen LogP contribution in [0.3, 0.4) is 0 Å². The molecule has 0 aliphatic carbocycles. The highest BCUT2D eigenvalue weighted by Gasteiger charge is 2.16. The van der Waals surface area contributed by atoms with Crippen LogP contribution in [0, 0.1) is 0 Å². The van der Waals surface area contributed by atoms with Gasteiger partial charge in [0.25, 0.3) is 0 Å². The molecule has 1 unspecified atom stereocenters. The molecule has 1 aromatic carbocycles. The van der Waals surface area contributed by atoms with Crippen molar-refractivity contribution in [2.75, 3.05) is 32.0 Å². The third-order valence-electron chi connectivity index (χ3n) is 3.12. The number of hydrogen-bond acceptors (Lipinski definition) is 4. The van der Waals surface area contributed by atoms with E-state index in [-0.39, 0.29) is 0 Å². The molecule has 19 heavy (non-hydrogen) atoms. The Morgan fingerprint density at radius 3 is 3.16 bits per heavy atom. The summed E-state index contributed by atoms with van der Waals surface area (Å²) in [4.78, 5) is 2.87. The van der Waals surface area contributed by atoms with Gasteiger partial charge in [-0.25, -0.2) is 0 Å². The second-order valence-corrected chi connectivity index (χ2v) is 6.71. The normalized spacial score (nSPS) is 20.2. The van der Waals surface area contributed by atoms with Gasteiger partial charge in [0, 0.05) is 36.2 Å². The summed E-state index contributed by atoms with van der Waals surface area (Å²) in [6.07, 6.45) is 0. The van der Waals surface area contributed by atoms with Gasteiger partial charge in [-0.2, -0.15) is 11.8 Å². The first kappa shape index (κ1) is 14.6. The molecule has 0 aromatic heterocycles. The Balaban J connectivity index is 1.79. The average molecular weight is 296 g/mol. The molecule has 1 heterocycles. The zero-order valence-corrected chi connectivity index (χ0v) is 12.8. The maximum Gasteiger partial charge on any atom is 0.120 e. The second-order valence-electron chi connectivity index (χ2n) is 4.72. The number of hydrogen-bond donors (Lipinski definition) is 1. The highest BCUT2D eigenvalue weighted by atomic mass is 32.2. The zero-order valence-electron chi connectivity index (χ0n) is 11.2. The van der Waals surface area contributed by atoms with E-state index in [2.05, 4.69) is 11.8 Å². The molecule has 1 saturated heterocycles. The van der Waals surface area contributed by atoms with Crippen molar-refractivity contribution in [3.63, 3.8) is 0 Å². The molecule has 0 spiro atoms. The van der Waals surface area contributed by atoms with Gasteiger partial charge >= 0.3 is 0 Å². The van der Waals surface area contributed by atoms with Gasteiger partial charge in [0.1, 0.15) is 17.3 Å². The van der Waals surface area contributed by atoms with Gasteiger partial charge in [-0.1, -0.05) is 31.3 Å². The number of thiocarbonyl (C=S) groups is 1. The monoisotopic (exact) mass is 296 g/mol. The average Bonchev–Trinajstić information content (AvgIpc) is 2.39. The van der Waals surface area contributed by atoms with E-state index in [9.17, 15) is 0 Å². The van der Waals surface area contributed by atoms with Crippen LogP contribution in [0.25, 0.3) is 0 Å². The van der Waals surface area contributed by atoms with Gasteiger partial charge in [-0.05, 0) is 12.1 Å². The third kappa shape index (κ3) is 4.67. The topological polar surface area (TPSA) is 38.5 Å². The molecule has 2 N–H and O–H groups in total. The highest BCUT2D eigenvalue weighted by molar-refractivity contribution is 7.99. The van der Waals surface area contributed by atoms with E-state index < -0.39 is 0 Å². The van der Waals surface area contributed by atoms with Crippen molar-refractivity contribution in [1.82, 2.24) is 4.90 Å². The number of nitrogens with zero attached hydrogens (tertiary/aromatic N) is 1. The van der Waals surface area contributed by atoms with Gasteiger partial charge in [0.2, 0.25) is 0 Å². The number of thioether (sulfide) groups is 1. The Kier molecular flexibility index (Phi) is 5.48. The summed E-state index contributed by atoms with van der Waals surface area (Å²) in [7, 11) is 0. The van der Waals surface area contributed by atoms with E-state index in [0.29, 0.717) is 11.6 Å². The summed E-state index contributed by atoms with van der Waals surface area (Å²) in [5, 5.41) is 0.728. The number of ether oxygens (including phenoxy) is 1. The van der Waals surface area contributed by atoms with Crippen LogP contribution in [0.4, 0.5) is 0 Å². The van der Waals surface area contributed by atoms with Crippen LogP contribution >= 0.6 is 24.0 Å². The molecule has 0 amide bonds. The van der Waals surface area contributed by atoms with Gasteiger partial charge in [-0.3, -0.25) is 4.90 Å². The van der Waals surface area contributed by atoms with Crippen LogP contribution in [0.2, 0.25) is 0 Å². The summed E-state index contributed by atoms with van der Waals surface area (Å²) in [5.74, 6) is 2.06. The molecule has 3 nitrogen and oxygen atoms in total. The molecule has 0 saturated carbocycles. The van der Waals surface area contributed by atoms with Crippen LogP contribution in [0.15, 0.2) is 24.3 Å². The minimum absolute atomic E-state index is 0.410. The number of benzene rings is 1. The summed E-state index contributed by atoms with van der Waals surface area (Å²) in [6.45, 7) is 6.27. The lowest BCUT2D eigenvalue weighted by molar-refractivity contribution is 0.215. The van der Waals surface area contributed by atoms with Crippen LogP contribution in [0.1, 0.15) is 12.5 Å². The van der Waals surface area contributed by atoms with Crippen molar-refractivity contribution in [3.05, 3.63) is 29.8 Å². The molecule has 0 radical (unpaired) electrons. The zero-order chi connectivity index (χ0) is 13.7. The van der Waals surface area contributed by atoms with E-state index in [0.717, 1.165) is 36.2 Å². The smallest absolute Gasteiger partial charge is 0.120 e. The van der Waals surface area contributed by atoms with E-state index in [1.807, 2.05) is 36.0 Å². The van der Waals surface area contributed by atoms with E-state index >= 15 is 0 Å². The molecule has 1 atom stereocenters.